The third-order valence-electron chi connectivity index (χ3n) is 4.90. The van der Waals surface area contributed by atoms with Crippen LogP contribution < -0.4 is 0 Å². The number of furan rings is 1. The number of hydrogen-bond acceptors (Lipinski definition) is 5. The van der Waals surface area contributed by atoms with E-state index in [2.05, 4.69) is 18.0 Å². The molecule has 2 aliphatic heterocycles. The highest BCUT2D eigenvalue weighted by Crippen LogP contribution is 2.21. The van der Waals surface area contributed by atoms with Gasteiger partial charge in [-0.2, -0.15) is 5.10 Å². The van der Waals surface area contributed by atoms with Crippen molar-refractivity contribution in [1.29, 1.82) is 0 Å². The Balaban J connectivity index is 1.37. The Hall–Kier alpha value is -2.12. The van der Waals surface area contributed by atoms with Gasteiger partial charge in [-0.15, -0.1) is 0 Å². The molecule has 7 heteroatoms. The van der Waals surface area contributed by atoms with Gasteiger partial charge in [0.05, 0.1) is 49.5 Å². The molecule has 1 fully saturated rings. The third kappa shape index (κ3) is 3.62. The summed E-state index contributed by atoms with van der Waals surface area (Å²) >= 11 is 0. The van der Waals surface area contributed by atoms with Gasteiger partial charge in [0.15, 0.2) is 0 Å². The van der Waals surface area contributed by atoms with E-state index in [9.17, 15) is 4.79 Å². The van der Waals surface area contributed by atoms with Gasteiger partial charge in [0, 0.05) is 31.8 Å². The molecule has 0 aromatic carbocycles. The monoisotopic (exact) mass is 344 g/mol. The molecule has 134 valence electrons. The van der Waals surface area contributed by atoms with Gasteiger partial charge in [0.1, 0.15) is 0 Å². The fraction of sp³-hybridized carbons (Fsp3) is 0.556. The van der Waals surface area contributed by atoms with Crippen LogP contribution in [-0.2, 0) is 35.7 Å². The summed E-state index contributed by atoms with van der Waals surface area (Å²) in [6.45, 7) is 5.01. The van der Waals surface area contributed by atoms with E-state index in [1.807, 2.05) is 15.6 Å². The van der Waals surface area contributed by atoms with Crippen LogP contribution in [0.5, 0.6) is 0 Å². The number of carbonyl (C=O) groups is 1. The first-order valence-corrected chi connectivity index (χ1v) is 8.81. The Bertz CT molecular complexity index is 719. The maximum absolute atomic E-state index is 12.6. The summed E-state index contributed by atoms with van der Waals surface area (Å²) in [5.41, 5.74) is 3.31. The molecule has 0 N–H and O–H groups in total. The average molecular weight is 344 g/mol. The fourth-order valence-corrected chi connectivity index (χ4v) is 3.61. The first kappa shape index (κ1) is 16.4. The molecule has 0 radical (unpaired) electrons. The zero-order chi connectivity index (χ0) is 17.2. The topological polar surface area (TPSA) is 63.7 Å². The number of ether oxygens (including phenoxy) is 1. The van der Waals surface area contributed by atoms with E-state index in [-0.39, 0.29) is 11.8 Å². The lowest BCUT2D eigenvalue weighted by atomic mass is 10.1. The summed E-state index contributed by atoms with van der Waals surface area (Å²) in [4.78, 5) is 16.7. The SMILES string of the molecule is CN(Cc1ccoc1)Cc1cc2n(n1)CCN(C(=O)[C@@H]1CCOC1)C2. The molecule has 2 aromatic heterocycles. The fourth-order valence-electron chi connectivity index (χ4n) is 3.61. The number of carbonyl (C=O) groups excluding carboxylic acids is 1. The van der Waals surface area contributed by atoms with E-state index in [0.717, 1.165) is 49.6 Å². The van der Waals surface area contributed by atoms with Crippen molar-refractivity contribution in [3.05, 3.63) is 41.6 Å². The second-order valence-electron chi connectivity index (χ2n) is 6.97. The molecule has 1 saturated heterocycles. The number of fused-ring (bicyclic) bond motifs is 1. The molecule has 0 spiro atoms. The Kier molecular flexibility index (Phi) is 4.59. The molecule has 0 saturated carbocycles. The highest BCUT2D eigenvalue weighted by atomic mass is 16.5. The molecule has 0 unspecified atom stereocenters. The van der Waals surface area contributed by atoms with Gasteiger partial charge in [-0.05, 0) is 25.6 Å². The number of rotatable bonds is 5. The third-order valence-corrected chi connectivity index (χ3v) is 4.90. The predicted octanol–water partition coefficient (Wildman–Crippen LogP) is 1.49. The summed E-state index contributed by atoms with van der Waals surface area (Å²) in [5.74, 6) is 0.263. The van der Waals surface area contributed by atoms with Crippen molar-refractivity contribution in [3.8, 4) is 0 Å². The van der Waals surface area contributed by atoms with Crippen molar-refractivity contribution in [2.75, 3.05) is 26.8 Å². The predicted molar refractivity (Wildman–Crippen MR) is 90.4 cm³/mol. The van der Waals surface area contributed by atoms with Gasteiger partial charge < -0.3 is 14.1 Å². The maximum atomic E-state index is 12.6. The van der Waals surface area contributed by atoms with Gasteiger partial charge in [0.2, 0.25) is 5.91 Å². The van der Waals surface area contributed by atoms with Crippen LogP contribution in [-0.4, -0.2) is 52.3 Å². The van der Waals surface area contributed by atoms with Crippen molar-refractivity contribution in [3.63, 3.8) is 0 Å². The van der Waals surface area contributed by atoms with Crippen molar-refractivity contribution in [2.24, 2.45) is 5.92 Å². The van der Waals surface area contributed by atoms with Crippen molar-refractivity contribution >= 4 is 5.91 Å². The molecule has 1 amide bonds. The summed E-state index contributed by atoms with van der Waals surface area (Å²) in [6, 6.07) is 4.10. The highest BCUT2D eigenvalue weighted by Gasteiger charge is 2.30. The Labute approximate surface area is 147 Å². The van der Waals surface area contributed by atoms with Crippen LogP contribution in [0.25, 0.3) is 0 Å². The van der Waals surface area contributed by atoms with Crippen LogP contribution >= 0.6 is 0 Å². The van der Waals surface area contributed by atoms with E-state index in [0.29, 0.717) is 19.8 Å². The van der Waals surface area contributed by atoms with Crippen molar-refractivity contribution < 1.29 is 13.9 Å². The molecule has 0 aliphatic carbocycles. The first-order chi connectivity index (χ1) is 12.2. The van der Waals surface area contributed by atoms with Crippen LogP contribution in [0, 0.1) is 5.92 Å². The zero-order valence-corrected chi connectivity index (χ0v) is 14.6. The molecule has 7 nitrogen and oxygen atoms in total. The van der Waals surface area contributed by atoms with Gasteiger partial charge in [-0.1, -0.05) is 0 Å². The van der Waals surface area contributed by atoms with E-state index in [1.165, 1.54) is 0 Å². The Morgan fingerprint density at radius 3 is 3.08 bits per heavy atom. The lowest BCUT2D eigenvalue weighted by Crippen LogP contribution is -2.41. The standard InChI is InChI=1S/C18H24N4O3/c1-20(9-14-2-6-24-12-14)10-16-8-17-11-21(4-5-22(17)19-16)18(23)15-3-7-25-13-15/h2,6,8,12,15H,3-5,7,9-11,13H2,1H3/t15-/m1/s1. The molecule has 25 heavy (non-hydrogen) atoms. The zero-order valence-electron chi connectivity index (χ0n) is 14.6. The maximum Gasteiger partial charge on any atom is 0.228 e. The molecule has 0 bridgehead atoms. The number of hydrogen-bond donors (Lipinski definition) is 0. The van der Waals surface area contributed by atoms with Crippen LogP contribution in [0.3, 0.4) is 0 Å². The lowest BCUT2D eigenvalue weighted by Gasteiger charge is -2.29. The number of amides is 1. The van der Waals surface area contributed by atoms with Gasteiger partial charge in [-0.3, -0.25) is 14.4 Å². The minimum Gasteiger partial charge on any atom is -0.472 e. The van der Waals surface area contributed by atoms with E-state index in [4.69, 9.17) is 14.3 Å². The van der Waals surface area contributed by atoms with Crippen LogP contribution in [0.2, 0.25) is 0 Å². The Morgan fingerprint density at radius 1 is 1.40 bits per heavy atom. The summed E-state index contributed by atoms with van der Waals surface area (Å²) < 4.78 is 12.5. The van der Waals surface area contributed by atoms with E-state index < -0.39 is 0 Å². The highest BCUT2D eigenvalue weighted by molar-refractivity contribution is 5.79. The molecular weight excluding hydrogens is 320 g/mol. The summed E-state index contributed by atoms with van der Waals surface area (Å²) in [6.07, 6.45) is 4.31. The smallest absolute Gasteiger partial charge is 0.228 e. The largest absolute Gasteiger partial charge is 0.472 e. The van der Waals surface area contributed by atoms with Gasteiger partial charge >= 0.3 is 0 Å². The molecular formula is C18H24N4O3. The molecule has 2 aliphatic rings. The molecule has 4 rings (SSSR count). The molecule has 2 aromatic rings. The minimum atomic E-state index is 0.0371. The van der Waals surface area contributed by atoms with Crippen molar-refractivity contribution in [2.45, 2.75) is 32.6 Å². The Morgan fingerprint density at radius 2 is 2.32 bits per heavy atom. The first-order valence-electron chi connectivity index (χ1n) is 8.81. The lowest BCUT2D eigenvalue weighted by molar-refractivity contribution is -0.137. The van der Waals surface area contributed by atoms with Crippen LogP contribution in [0.4, 0.5) is 0 Å². The van der Waals surface area contributed by atoms with Crippen molar-refractivity contribution in [1.82, 2.24) is 19.6 Å². The summed E-state index contributed by atoms with van der Waals surface area (Å²) in [7, 11) is 2.07. The number of aromatic nitrogens is 2. The van der Waals surface area contributed by atoms with E-state index >= 15 is 0 Å². The average Bonchev–Trinajstić information content (AvgIpc) is 3.34. The minimum absolute atomic E-state index is 0.0371. The van der Waals surface area contributed by atoms with Gasteiger partial charge in [0.25, 0.3) is 0 Å². The van der Waals surface area contributed by atoms with Crippen LogP contribution in [0.15, 0.2) is 29.1 Å². The molecule has 1 atom stereocenters. The molecule has 4 heterocycles. The van der Waals surface area contributed by atoms with E-state index in [1.54, 1.807) is 12.5 Å². The van der Waals surface area contributed by atoms with Gasteiger partial charge in [-0.25, -0.2) is 0 Å². The quantitative estimate of drug-likeness (QED) is 0.822. The normalized spacial score (nSPS) is 20.2. The second-order valence-corrected chi connectivity index (χ2v) is 6.97. The number of nitrogens with zero attached hydrogens (tertiary/aromatic N) is 4. The second kappa shape index (κ2) is 7.01. The van der Waals surface area contributed by atoms with Crippen LogP contribution in [0.1, 0.15) is 23.4 Å². The summed E-state index contributed by atoms with van der Waals surface area (Å²) in [5, 5.41) is 4.70.